The number of carbonyl (C=O) groups is 1. The standard InChI is InChI=1S/C18H20N2O5/c1-3-25-17(21)18(20(22)23,14-7-5-4-6-8-14)13-19-15-9-11-16(24-2)12-10-15/h4-12,19H,3,13H2,1-2H3. The molecule has 1 N–H and O–H groups in total. The first-order chi connectivity index (χ1) is 12.0. The highest BCUT2D eigenvalue weighted by Gasteiger charge is 2.54. The van der Waals surface area contributed by atoms with Crippen LogP contribution in [0.15, 0.2) is 54.6 Å². The quantitative estimate of drug-likeness (QED) is 0.450. The van der Waals surface area contributed by atoms with E-state index in [4.69, 9.17) is 9.47 Å². The van der Waals surface area contributed by atoms with Crippen LogP contribution in [0.1, 0.15) is 12.5 Å². The molecule has 0 aromatic heterocycles. The highest BCUT2D eigenvalue weighted by atomic mass is 16.6. The van der Waals surface area contributed by atoms with Gasteiger partial charge in [0.1, 0.15) is 12.3 Å². The van der Waals surface area contributed by atoms with Gasteiger partial charge in [0.25, 0.3) is 0 Å². The van der Waals surface area contributed by atoms with Gasteiger partial charge in [-0.1, -0.05) is 30.3 Å². The lowest BCUT2D eigenvalue weighted by Crippen LogP contribution is -2.50. The van der Waals surface area contributed by atoms with Gasteiger partial charge >= 0.3 is 11.5 Å². The Bertz CT molecular complexity index is 718. The van der Waals surface area contributed by atoms with Crippen LogP contribution in [0.5, 0.6) is 5.75 Å². The number of anilines is 1. The molecule has 0 amide bonds. The molecule has 0 saturated carbocycles. The van der Waals surface area contributed by atoms with Gasteiger partial charge in [0, 0.05) is 16.2 Å². The number of benzene rings is 2. The number of carbonyl (C=O) groups excluding carboxylic acids is 1. The summed E-state index contributed by atoms with van der Waals surface area (Å²) in [4.78, 5) is 23.8. The SMILES string of the molecule is CCOC(=O)C(CNc1ccc(OC)cc1)(c1ccccc1)[N+](=O)[O-]. The number of nitro groups is 1. The van der Waals surface area contributed by atoms with Gasteiger partial charge in [0.2, 0.25) is 0 Å². The Balaban J connectivity index is 2.36. The van der Waals surface area contributed by atoms with E-state index in [1.165, 1.54) is 0 Å². The van der Waals surface area contributed by atoms with Crippen molar-refractivity contribution in [3.8, 4) is 5.75 Å². The Morgan fingerprint density at radius 2 is 1.80 bits per heavy atom. The van der Waals surface area contributed by atoms with E-state index in [1.807, 2.05) is 0 Å². The van der Waals surface area contributed by atoms with E-state index in [0.717, 1.165) is 0 Å². The van der Waals surface area contributed by atoms with E-state index in [2.05, 4.69) is 5.32 Å². The van der Waals surface area contributed by atoms with Crippen LogP contribution in [0.25, 0.3) is 0 Å². The summed E-state index contributed by atoms with van der Waals surface area (Å²) in [5.74, 6) is -0.230. The molecule has 0 heterocycles. The Hall–Kier alpha value is -3.09. The first kappa shape index (κ1) is 18.3. The number of methoxy groups -OCH3 is 1. The Kier molecular flexibility index (Phi) is 5.94. The molecule has 132 valence electrons. The molecule has 2 aromatic carbocycles. The summed E-state index contributed by atoms with van der Waals surface area (Å²) in [6.07, 6.45) is 0. The maximum Gasteiger partial charge on any atom is 0.391 e. The Labute approximate surface area is 145 Å². The van der Waals surface area contributed by atoms with Gasteiger partial charge in [-0.25, -0.2) is 4.79 Å². The highest BCUT2D eigenvalue weighted by Crippen LogP contribution is 2.28. The van der Waals surface area contributed by atoms with Crippen molar-refractivity contribution < 1.29 is 19.2 Å². The number of nitrogens with one attached hydrogen (secondary N) is 1. The molecule has 7 nitrogen and oxygen atoms in total. The normalized spacial score (nSPS) is 12.7. The Morgan fingerprint density at radius 3 is 2.32 bits per heavy atom. The largest absolute Gasteiger partial charge is 0.497 e. The van der Waals surface area contributed by atoms with Crippen molar-refractivity contribution in [3.63, 3.8) is 0 Å². The summed E-state index contributed by atoms with van der Waals surface area (Å²) in [6, 6.07) is 15.0. The predicted molar refractivity (Wildman–Crippen MR) is 93.2 cm³/mol. The minimum atomic E-state index is -2.03. The summed E-state index contributed by atoms with van der Waals surface area (Å²) in [7, 11) is 1.55. The van der Waals surface area contributed by atoms with Gasteiger partial charge in [0.15, 0.2) is 0 Å². The lowest BCUT2D eigenvalue weighted by atomic mass is 9.90. The maximum absolute atomic E-state index is 12.5. The third-order valence-corrected chi connectivity index (χ3v) is 3.81. The molecule has 2 rings (SSSR count). The molecule has 0 aliphatic carbocycles. The van der Waals surface area contributed by atoms with Crippen LogP contribution < -0.4 is 10.1 Å². The molecule has 7 heteroatoms. The van der Waals surface area contributed by atoms with E-state index < -0.39 is 16.4 Å². The molecule has 2 aromatic rings. The summed E-state index contributed by atoms with van der Waals surface area (Å²) in [6.45, 7) is 1.43. The van der Waals surface area contributed by atoms with Crippen molar-refractivity contribution in [1.29, 1.82) is 0 Å². The van der Waals surface area contributed by atoms with Crippen LogP contribution >= 0.6 is 0 Å². The van der Waals surface area contributed by atoms with Gasteiger partial charge in [-0.3, -0.25) is 10.1 Å². The van der Waals surface area contributed by atoms with E-state index in [-0.39, 0.29) is 18.7 Å². The van der Waals surface area contributed by atoms with Crippen molar-refractivity contribution in [3.05, 3.63) is 70.3 Å². The fourth-order valence-corrected chi connectivity index (χ4v) is 2.44. The summed E-state index contributed by atoms with van der Waals surface area (Å²) in [5, 5.41) is 14.9. The first-order valence-electron chi connectivity index (χ1n) is 7.79. The molecule has 1 unspecified atom stereocenters. The number of ether oxygens (including phenoxy) is 2. The smallest absolute Gasteiger partial charge is 0.391 e. The number of nitrogens with zero attached hydrogens (tertiary/aromatic N) is 1. The molecule has 25 heavy (non-hydrogen) atoms. The lowest BCUT2D eigenvalue weighted by Gasteiger charge is -2.24. The van der Waals surface area contributed by atoms with Crippen molar-refractivity contribution in [1.82, 2.24) is 0 Å². The molecule has 0 aliphatic rings. The van der Waals surface area contributed by atoms with E-state index in [0.29, 0.717) is 11.4 Å². The number of esters is 1. The van der Waals surface area contributed by atoms with Crippen LogP contribution in [-0.2, 0) is 15.1 Å². The summed E-state index contributed by atoms with van der Waals surface area (Å²) < 4.78 is 10.1. The zero-order valence-corrected chi connectivity index (χ0v) is 14.1. The van der Waals surface area contributed by atoms with Gasteiger partial charge in [-0.2, -0.15) is 0 Å². The molecule has 0 fully saturated rings. The van der Waals surface area contributed by atoms with E-state index in [9.17, 15) is 14.9 Å². The average Bonchev–Trinajstić information content (AvgIpc) is 2.63. The van der Waals surface area contributed by atoms with E-state index in [1.54, 1.807) is 68.6 Å². The average molecular weight is 344 g/mol. The monoisotopic (exact) mass is 344 g/mol. The number of hydrogen-bond donors (Lipinski definition) is 1. The number of rotatable bonds is 8. The van der Waals surface area contributed by atoms with Crippen LogP contribution in [0.3, 0.4) is 0 Å². The molecular weight excluding hydrogens is 324 g/mol. The molecule has 0 bridgehead atoms. The second-order valence-corrected chi connectivity index (χ2v) is 5.29. The van der Waals surface area contributed by atoms with E-state index >= 15 is 0 Å². The third kappa shape index (κ3) is 3.88. The third-order valence-electron chi connectivity index (χ3n) is 3.81. The predicted octanol–water partition coefficient (Wildman–Crippen LogP) is 2.84. The molecule has 1 atom stereocenters. The van der Waals surface area contributed by atoms with Crippen LogP contribution in [-0.4, -0.2) is 31.2 Å². The fourth-order valence-electron chi connectivity index (χ4n) is 2.44. The van der Waals surface area contributed by atoms with Gasteiger partial charge in [0.05, 0.1) is 13.7 Å². The van der Waals surface area contributed by atoms with Gasteiger partial charge in [-0.15, -0.1) is 0 Å². The highest BCUT2D eigenvalue weighted by molar-refractivity contribution is 5.82. The first-order valence-corrected chi connectivity index (χ1v) is 7.79. The zero-order valence-electron chi connectivity index (χ0n) is 14.1. The molecule has 0 saturated heterocycles. The number of hydrogen-bond acceptors (Lipinski definition) is 6. The molecular formula is C18H20N2O5. The van der Waals surface area contributed by atoms with Crippen LogP contribution in [0.4, 0.5) is 5.69 Å². The second-order valence-electron chi connectivity index (χ2n) is 5.29. The summed E-state index contributed by atoms with van der Waals surface area (Å²) >= 11 is 0. The van der Waals surface area contributed by atoms with Crippen LogP contribution in [0.2, 0.25) is 0 Å². The van der Waals surface area contributed by atoms with Crippen molar-refractivity contribution in [2.24, 2.45) is 0 Å². The van der Waals surface area contributed by atoms with Crippen molar-refractivity contribution in [2.45, 2.75) is 12.5 Å². The maximum atomic E-state index is 12.5. The second kappa shape index (κ2) is 8.14. The minimum Gasteiger partial charge on any atom is -0.497 e. The summed E-state index contributed by atoms with van der Waals surface area (Å²) in [5.41, 5.74) is -1.14. The molecule has 0 radical (unpaired) electrons. The molecule has 0 aliphatic heterocycles. The van der Waals surface area contributed by atoms with Gasteiger partial charge < -0.3 is 14.8 Å². The minimum absolute atomic E-state index is 0.0593. The zero-order chi connectivity index (χ0) is 18.3. The van der Waals surface area contributed by atoms with Crippen molar-refractivity contribution in [2.75, 3.05) is 25.6 Å². The van der Waals surface area contributed by atoms with Crippen molar-refractivity contribution >= 4 is 11.7 Å². The van der Waals surface area contributed by atoms with Crippen LogP contribution in [0, 0.1) is 10.1 Å². The van der Waals surface area contributed by atoms with Gasteiger partial charge in [-0.05, 0) is 31.2 Å². The Morgan fingerprint density at radius 1 is 1.16 bits per heavy atom. The lowest BCUT2D eigenvalue weighted by molar-refractivity contribution is -0.560. The molecule has 0 spiro atoms. The fraction of sp³-hybridized carbons (Fsp3) is 0.278. The topological polar surface area (TPSA) is 90.7 Å².